The van der Waals surface area contributed by atoms with Gasteiger partial charge in [-0.2, -0.15) is 0 Å². The molecule has 0 aliphatic carbocycles. The zero-order chi connectivity index (χ0) is 16.1. The molecule has 7 nitrogen and oxygen atoms in total. The molecule has 1 aliphatic heterocycles. The molecule has 2 heterocycles. The predicted octanol–water partition coefficient (Wildman–Crippen LogP) is 0.456. The van der Waals surface area contributed by atoms with Crippen LogP contribution in [0.3, 0.4) is 0 Å². The largest absolute Gasteiger partial charge is 0.416 e. The molecule has 0 bridgehead atoms. The second-order valence-electron chi connectivity index (χ2n) is 6.09. The average molecular weight is 310 g/mol. The lowest BCUT2D eigenvalue weighted by Gasteiger charge is -2.37. The third-order valence-corrected chi connectivity index (χ3v) is 4.19. The molecule has 1 aliphatic rings. The number of oxazole rings is 1. The smallest absolute Gasteiger partial charge is 0.403 e. The van der Waals surface area contributed by atoms with Gasteiger partial charge in [-0.1, -0.05) is 0 Å². The van der Waals surface area contributed by atoms with Gasteiger partial charge in [-0.05, 0) is 26.8 Å². The highest BCUT2D eigenvalue weighted by Crippen LogP contribution is 2.07. The zero-order valence-corrected chi connectivity index (χ0v) is 13.7. The summed E-state index contributed by atoms with van der Waals surface area (Å²) in [5.74, 6) is -0.791. The van der Waals surface area contributed by atoms with E-state index in [1.165, 1.54) is 6.20 Å². The summed E-state index contributed by atoms with van der Waals surface area (Å²) in [4.78, 5) is 31.8. The number of hydrogen-bond acceptors (Lipinski definition) is 5. The molecule has 1 saturated heterocycles. The normalized spacial score (nSPS) is 17.1. The number of H-pyrrole nitrogens is 1. The first-order chi connectivity index (χ1) is 10.5. The molecule has 0 aromatic carbocycles. The van der Waals surface area contributed by atoms with Gasteiger partial charge in [0.15, 0.2) is 0 Å². The van der Waals surface area contributed by atoms with Gasteiger partial charge in [0.1, 0.15) is 0 Å². The Kier molecular flexibility index (Phi) is 5.79. The van der Waals surface area contributed by atoms with Crippen molar-refractivity contribution in [1.29, 1.82) is 0 Å². The minimum atomic E-state index is -0.597. The third-order valence-electron chi connectivity index (χ3n) is 4.19. The van der Waals surface area contributed by atoms with Crippen molar-refractivity contribution in [2.45, 2.75) is 26.3 Å². The summed E-state index contributed by atoms with van der Waals surface area (Å²) < 4.78 is 4.78. The van der Waals surface area contributed by atoms with Gasteiger partial charge in [0.2, 0.25) is 5.76 Å². The lowest BCUT2D eigenvalue weighted by molar-refractivity contribution is 0.0741. The van der Waals surface area contributed by atoms with Gasteiger partial charge in [0, 0.05) is 45.8 Å². The fourth-order valence-electron chi connectivity index (χ4n) is 2.71. The van der Waals surface area contributed by atoms with E-state index in [9.17, 15) is 9.59 Å². The fourth-order valence-corrected chi connectivity index (χ4v) is 2.71. The maximum Gasteiger partial charge on any atom is 0.416 e. The number of aromatic nitrogens is 1. The van der Waals surface area contributed by atoms with Crippen molar-refractivity contribution in [3.8, 4) is 0 Å². The van der Waals surface area contributed by atoms with E-state index in [0.717, 1.165) is 39.1 Å². The molecular weight excluding hydrogens is 284 g/mol. The van der Waals surface area contributed by atoms with Crippen molar-refractivity contribution in [3.63, 3.8) is 0 Å². The topological polar surface area (TPSA) is 72.8 Å². The van der Waals surface area contributed by atoms with Gasteiger partial charge in [0.05, 0.1) is 6.20 Å². The molecule has 0 atom stereocenters. The van der Waals surface area contributed by atoms with Crippen molar-refractivity contribution in [1.82, 2.24) is 19.7 Å². The van der Waals surface area contributed by atoms with Crippen LogP contribution in [0, 0.1) is 0 Å². The summed E-state index contributed by atoms with van der Waals surface area (Å²) in [6, 6.07) is 0.613. The van der Waals surface area contributed by atoms with Crippen molar-refractivity contribution in [2.75, 3.05) is 46.3 Å². The van der Waals surface area contributed by atoms with Crippen LogP contribution >= 0.6 is 0 Å². The van der Waals surface area contributed by atoms with E-state index in [0.29, 0.717) is 12.6 Å². The van der Waals surface area contributed by atoms with E-state index in [-0.39, 0.29) is 11.7 Å². The van der Waals surface area contributed by atoms with Crippen molar-refractivity contribution in [3.05, 3.63) is 22.5 Å². The summed E-state index contributed by atoms with van der Waals surface area (Å²) in [5.41, 5.74) is 0. The molecule has 0 spiro atoms. The van der Waals surface area contributed by atoms with E-state index < -0.39 is 5.76 Å². The first kappa shape index (κ1) is 16.8. The van der Waals surface area contributed by atoms with Crippen LogP contribution in [0.2, 0.25) is 0 Å². The van der Waals surface area contributed by atoms with Crippen LogP contribution in [0.1, 0.15) is 30.8 Å². The van der Waals surface area contributed by atoms with Gasteiger partial charge in [-0.25, -0.2) is 4.79 Å². The van der Waals surface area contributed by atoms with Gasteiger partial charge < -0.3 is 14.2 Å². The number of carbonyl (C=O) groups is 1. The van der Waals surface area contributed by atoms with Gasteiger partial charge in [0.25, 0.3) is 5.91 Å². The van der Waals surface area contributed by atoms with E-state index in [1.807, 2.05) is 0 Å². The van der Waals surface area contributed by atoms with E-state index >= 15 is 0 Å². The summed E-state index contributed by atoms with van der Waals surface area (Å²) in [5, 5.41) is 0. The lowest BCUT2D eigenvalue weighted by atomic mass is 10.2. The number of nitrogens with one attached hydrogen (secondary N) is 1. The minimum Gasteiger partial charge on any atom is -0.403 e. The highest BCUT2D eigenvalue weighted by Gasteiger charge is 2.19. The number of carbonyl (C=O) groups excluding carboxylic acids is 1. The number of nitrogens with zero attached hydrogens (tertiary/aromatic N) is 3. The number of aromatic amines is 1. The van der Waals surface area contributed by atoms with Crippen LogP contribution < -0.4 is 5.76 Å². The second-order valence-corrected chi connectivity index (χ2v) is 6.09. The Labute approximate surface area is 130 Å². The van der Waals surface area contributed by atoms with E-state index in [1.54, 1.807) is 11.9 Å². The van der Waals surface area contributed by atoms with Crippen molar-refractivity contribution < 1.29 is 9.21 Å². The van der Waals surface area contributed by atoms with E-state index in [4.69, 9.17) is 4.42 Å². The predicted molar refractivity (Wildman–Crippen MR) is 84.1 cm³/mol. The monoisotopic (exact) mass is 310 g/mol. The van der Waals surface area contributed by atoms with Crippen LogP contribution in [0.5, 0.6) is 0 Å². The minimum absolute atomic E-state index is 0.0676. The number of amides is 1. The fraction of sp³-hybridized carbons (Fsp3) is 0.733. The Hall–Kier alpha value is -1.60. The molecule has 7 heteroatoms. The number of hydrogen-bond donors (Lipinski definition) is 1. The molecule has 2 rings (SSSR count). The van der Waals surface area contributed by atoms with Gasteiger partial charge >= 0.3 is 5.76 Å². The SMILES string of the molecule is CC(C)N1CCN(CCCN(C)C(=O)c2c[nH]c(=O)o2)CC1. The van der Waals surface area contributed by atoms with Gasteiger partial charge in [-0.15, -0.1) is 0 Å². The Morgan fingerprint density at radius 3 is 2.59 bits per heavy atom. The average Bonchev–Trinajstić information content (AvgIpc) is 2.93. The molecule has 1 aromatic heterocycles. The Morgan fingerprint density at radius 2 is 2.05 bits per heavy atom. The first-order valence-corrected chi connectivity index (χ1v) is 7.87. The summed E-state index contributed by atoms with van der Waals surface area (Å²) in [7, 11) is 1.73. The van der Waals surface area contributed by atoms with Crippen LogP contribution in [-0.4, -0.2) is 77.9 Å². The highest BCUT2D eigenvalue weighted by molar-refractivity contribution is 5.90. The van der Waals surface area contributed by atoms with Crippen LogP contribution in [0.25, 0.3) is 0 Å². The highest BCUT2D eigenvalue weighted by atomic mass is 16.4. The van der Waals surface area contributed by atoms with Crippen molar-refractivity contribution >= 4 is 5.91 Å². The molecule has 1 N–H and O–H groups in total. The first-order valence-electron chi connectivity index (χ1n) is 7.87. The van der Waals surface area contributed by atoms with Crippen LogP contribution in [0.4, 0.5) is 0 Å². The summed E-state index contributed by atoms with van der Waals surface area (Å²) in [6.07, 6.45) is 2.23. The Balaban J connectivity index is 1.68. The second kappa shape index (κ2) is 7.60. The number of rotatable bonds is 6. The standard InChI is InChI=1S/C15H26N4O3/c1-12(2)19-9-7-18(8-10-19)6-4-5-17(3)14(20)13-11-16-15(21)22-13/h11-12H,4-10H2,1-3H3,(H,16,21). The summed E-state index contributed by atoms with van der Waals surface area (Å²) in [6.45, 7) is 10.5. The van der Waals surface area contributed by atoms with Crippen molar-refractivity contribution in [2.24, 2.45) is 0 Å². The van der Waals surface area contributed by atoms with Crippen LogP contribution in [-0.2, 0) is 0 Å². The van der Waals surface area contributed by atoms with Gasteiger partial charge in [-0.3, -0.25) is 14.7 Å². The Bertz CT molecular complexity index is 529. The van der Waals surface area contributed by atoms with Crippen LogP contribution in [0.15, 0.2) is 15.4 Å². The zero-order valence-electron chi connectivity index (χ0n) is 13.7. The molecule has 124 valence electrons. The quantitative estimate of drug-likeness (QED) is 0.826. The maximum absolute atomic E-state index is 12.0. The molecule has 0 saturated carbocycles. The molecule has 1 aromatic rings. The maximum atomic E-state index is 12.0. The summed E-state index contributed by atoms with van der Waals surface area (Å²) >= 11 is 0. The molecule has 0 radical (unpaired) electrons. The number of piperazine rings is 1. The molecule has 22 heavy (non-hydrogen) atoms. The molecule has 1 amide bonds. The van der Waals surface area contributed by atoms with E-state index in [2.05, 4.69) is 28.6 Å². The molecule has 1 fully saturated rings. The lowest BCUT2D eigenvalue weighted by Crippen LogP contribution is -2.49. The molecular formula is C15H26N4O3. The molecule has 0 unspecified atom stereocenters. The third kappa shape index (κ3) is 4.45. The Morgan fingerprint density at radius 1 is 1.36 bits per heavy atom.